The van der Waals surface area contributed by atoms with Gasteiger partial charge in [-0.05, 0) is 37.6 Å². The normalized spacial score (nSPS) is 22.2. The number of amides is 1. The van der Waals surface area contributed by atoms with Gasteiger partial charge in [0.25, 0.3) is 0 Å². The van der Waals surface area contributed by atoms with Crippen molar-refractivity contribution < 1.29 is 28.6 Å². The number of carbonyl (C=O) groups excluding carboxylic acids is 1. The molecule has 0 bridgehead atoms. The third kappa shape index (κ3) is 4.68. The lowest BCUT2D eigenvalue weighted by atomic mass is 9.73. The summed E-state index contributed by atoms with van der Waals surface area (Å²) in [6.45, 7) is 2.63. The van der Waals surface area contributed by atoms with Gasteiger partial charge in [-0.2, -0.15) is 0 Å². The van der Waals surface area contributed by atoms with Crippen molar-refractivity contribution in [2.24, 2.45) is 0 Å². The van der Waals surface area contributed by atoms with Crippen LogP contribution in [0.5, 0.6) is 0 Å². The monoisotopic (exact) mass is 394 g/mol. The Morgan fingerprint density at radius 3 is 2.57 bits per heavy atom. The molecule has 154 valence electrons. The van der Waals surface area contributed by atoms with Crippen LogP contribution in [0.15, 0.2) is 24.3 Å². The van der Waals surface area contributed by atoms with Crippen molar-refractivity contribution in [1.82, 2.24) is 9.80 Å². The van der Waals surface area contributed by atoms with Crippen LogP contribution in [0.1, 0.15) is 18.4 Å². The number of benzene rings is 1. The summed E-state index contributed by atoms with van der Waals surface area (Å²) in [6, 6.07) is 6.17. The Balaban J connectivity index is 1.75. The molecule has 2 aliphatic heterocycles. The van der Waals surface area contributed by atoms with E-state index in [1.54, 1.807) is 29.0 Å². The van der Waals surface area contributed by atoms with Crippen LogP contribution in [0.25, 0.3) is 0 Å². The van der Waals surface area contributed by atoms with E-state index in [0.29, 0.717) is 52.3 Å². The van der Waals surface area contributed by atoms with E-state index in [0.717, 1.165) is 5.56 Å². The largest absolute Gasteiger partial charge is 0.480 e. The first kappa shape index (κ1) is 20.7. The second-order valence-corrected chi connectivity index (χ2v) is 7.54. The summed E-state index contributed by atoms with van der Waals surface area (Å²) >= 11 is 0. The second kappa shape index (κ2) is 8.98. The molecule has 1 unspecified atom stereocenters. The molecule has 1 aromatic rings. The molecule has 0 aliphatic carbocycles. The molecular formula is C20H27FN2O5. The van der Waals surface area contributed by atoms with Crippen LogP contribution in [0.4, 0.5) is 4.39 Å². The molecule has 2 fully saturated rings. The third-order valence-corrected chi connectivity index (χ3v) is 5.50. The maximum Gasteiger partial charge on any atom is 0.317 e. The van der Waals surface area contributed by atoms with Gasteiger partial charge in [0.1, 0.15) is 5.82 Å². The highest BCUT2D eigenvalue weighted by atomic mass is 19.1. The maximum absolute atomic E-state index is 13.6. The third-order valence-electron chi connectivity index (χ3n) is 5.50. The Morgan fingerprint density at radius 1 is 1.25 bits per heavy atom. The number of nitrogens with zero attached hydrogens (tertiary/aromatic N) is 2. The van der Waals surface area contributed by atoms with E-state index >= 15 is 0 Å². The molecule has 1 aromatic carbocycles. The van der Waals surface area contributed by atoms with E-state index in [1.165, 1.54) is 12.1 Å². The average Bonchev–Trinajstić information content (AvgIpc) is 2.68. The first-order chi connectivity index (χ1) is 13.4. The summed E-state index contributed by atoms with van der Waals surface area (Å²) in [5, 5.41) is 8.92. The predicted octanol–water partition coefficient (Wildman–Crippen LogP) is 1.12. The van der Waals surface area contributed by atoms with Gasteiger partial charge in [-0.15, -0.1) is 0 Å². The highest BCUT2D eigenvalue weighted by molar-refractivity contribution is 5.88. The number of carboxylic acid groups (broad SMARTS) is 1. The SMILES string of the molecule is CN(CC(=O)O)CC1CN(C(=O)C2(c3ccc(F)cc3)CCOCC2)CCO1. The zero-order chi connectivity index (χ0) is 20.1. The van der Waals surface area contributed by atoms with Crippen molar-refractivity contribution in [3.63, 3.8) is 0 Å². The van der Waals surface area contributed by atoms with Crippen molar-refractivity contribution in [3.8, 4) is 0 Å². The number of hydrogen-bond acceptors (Lipinski definition) is 5. The average molecular weight is 394 g/mol. The topological polar surface area (TPSA) is 79.3 Å². The van der Waals surface area contributed by atoms with Crippen molar-refractivity contribution in [1.29, 1.82) is 0 Å². The van der Waals surface area contributed by atoms with Crippen molar-refractivity contribution in [2.45, 2.75) is 24.4 Å². The highest BCUT2D eigenvalue weighted by Gasteiger charge is 2.45. The van der Waals surface area contributed by atoms with E-state index < -0.39 is 11.4 Å². The van der Waals surface area contributed by atoms with E-state index in [-0.39, 0.29) is 24.4 Å². The molecule has 0 spiro atoms. The van der Waals surface area contributed by atoms with Crippen LogP contribution < -0.4 is 0 Å². The number of carbonyl (C=O) groups is 2. The molecule has 2 saturated heterocycles. The summed E-state index contributed by atoms with van der Waals surface area (Å²) < 4.78 is 24.7. The molecule has 1 N–H and O–H groups in total. The molecule has 1 amide bonds. The first-order valence-electron chi connectivity index (χ1n) is 9.56. The van der Waals surface area contributed by atoms with E-state index in [9.17, 15) is 14.0 Å². The van der Waals surface area contributed by atoms with E-state index in [4.69, 9.17) is 14.6 Å². The van der Waals surface area contributed by atoms with Gasteiger partial charge < -0.3 is 19.5 Å². The van der Waals surface area contributed by atoms with E-state index in [1.807, 2.05) is 0 Å². The summed E-state index contributed by atoms with van der Waals surface area (Å²) in [7, 11) is 1.72. The van der Waals surface area contributed by atoms with Gasteiger partial charge in [0.05, 0.1) is 24.7 Å². The number of rotatable bonds is 6. The standard InChI is InChI=1S/C20H27FN2O5/c1-22(14-18(24)25)12-17-13-23(8-11-28-17)19(26)20(6-9-27-10-7-20)15-2-4-16(21)5-3-15/h2-5,17H,6-14H2,1H3,(H,24,25). The second-order valence-electron chi connectivity index (χ2n) is 7.54. The van der Waals surface area contributed by atoms with Crippen LogP contribution in [-0.4, -0.2) is 85.9 Å². The Morgan fingerprint density at radius 2 is 1.93 bits per heavy atom. The number of likely N-dealkylation sites (N-methyl/N-ethyl adjacent to an activating group) is 1. The van der Waals surface area contributed by atoms with Gasteiger partial charge in [0, 0.05) is 32.8 Å². The van der Waals surface area contributed by atoms with Crippen LogP contribution in [0.3, 0.4) is 0 Å². The molecule has 8 heteroatoms. The molecule has 1 atom stereocenters. The summed E-state index contributed by atoms with van der Waals surface area (Å²) in [6.07, 6.45) is 0.865. The Kier molecular flexibility index (Phi) is 6.64. The minimum Gasteiger partial charge on any atom is -0.480 e. The number of morpholine rings is 1. The van der Waals surface area contributed by atoms with Crippen LogP contribution in [-0.2, 0) is 24.5 Å². The zero-order valence-electron chi connectivity index (χ0n) is 16.1. The molecule has 0 radical (unpaired) electrons. The zero-order valence-corrected chi connectivity index (χ0v) is 16.1. The fourth-order valence-electron chi connectivity index (χ4n) is 4.07. The van der Waals surface area contributed by atoms with Gasteiger partial charge in [-0.1, -0.05) is 12.1 Å². The highest BCUT2D eigenvalue weighted by Crippen LogP contribution is 2.37. The summed E-state index contributed by atoms with van der Waals surface area (Å²) in [5.74, 6) is -1.22. The minimum atomic E-state index is -0.899. The van der Waals surface area contributed by atoms with Crippen LogP contribution in [0, 0.1) is 5.82 Å². The van der Waals surface area contributed by atoms with E-state index in [2.05, 4.69) is 0 Å². The lowest BCUT2D eigenvalue weighted by Crippen LogP contribution is -2.56. The first-order valence-corrected chi connectivity index (χ1v) is 9.56. The lowest BCUT2D eigenvalue weighted by Gasteiger charge is -2.43. The summed E-state index contributed by atoms with van der Waals surface area (Å²) in [5.41, 5.74) is 0.0918. The lowest BCUT2D eigenvalue weighted by molar-refractivity contribution is -0.150. The van der Waals surface area contributed by atoms with Crippen molar-refractivity contribution >= 4 is 11.9 Å². The number of hydrogen-bond donors (Lipinski definition) is 1. The molecule has 0 aromatic heterocycles. The Labute approximate surface area is 164 Å². The van der Waals surface area contributed by atoms with Gasteiger partial charge in [-0.25, -0.2) is 4.39 Å². The molecule has 28 heavy (non-hydrogen) atoms. The predicted molar refractivity (Wildman–Crippen MR) is 99.6 cm³/mol. The smallest absolute Gasteiger partial charge is 0.317 e. The number of carboxylic acids is 1. The molecule has 3 rings (SSSR count). The fourth-order valence-corrected chi connectivity index (χ4v) is 4.07. The van der Waals surface area contributed by atoms with Crippen LogP contribution >= 0.6 is 0 Å². The van der Waals surface area contributed by atoms with Crippen molar-refractivity contribution in [2.75, 3.05) is 53.0 Å². The van der Waals surface area contributed by atoms with Gasteiger partial charge in [0.2, 0.25) is 5.91 Å². The molecule has 0 saturated carbocycles. The number of ether oxygens (including phenoxy) is 2. The van der Waals surface area contributed by atoms with Crippen LogP contribution in [0.2, 0.25) is 0 Å². The number of aliphatic carboxylic acids is 1. The maximum atomic E-state index is 13.6. The van der Waals surface area contributed by atoms with Crippen molar-refractivity contribution in [3.05, 3.63) is 35.6 Å². The molecule has 2 aliphatic rings. The molecular weight excluding hydrogens is 367 g/mol. The van der Waals surface area contributed by atoms with Gasteiger partial charge in [0.15, 0.2) is 0 Å². The summed E-state index contributed by atoms with van der Waals surface area (Å²) in [4.78, 5) is 27.9. The fraction of sp³-hybridized carbons (Fsp3) is 0.600. The number of halogens is 1. The Bertz CT molecular complexity index is 690. The van der Waals surface area contributed by atoms with Gasteiger partial charge >= 0.3 is 5.97 Å². The molecule has 2 heterocycles. The quantitative estimate of drug-likeness (QED) is 0.779. The molecule has 7 nitrogen and oxygen atoms in total. The minimum absolute atomic E-state index is 0.0107. The Hall–Kier alpha value is -2.03. The van der Waals surface area contributed by atoms with Gasteiger partial charge in [-0.3, -0.25) is 14.5 Å².